The topological polar surface area (TPSA) is 71.1 Å². The second-order valence-electron chi connectivity index (χ2n) is 4.23. The van der Waals surface area contributed by atoms with Crippen LogP contribution >= 0.6 is 78.3 Å². The predicted octanol–water partition coefficient (Wildman–Crippen LogP) is 4.17. The number of carbonyl (C=O) groups excluding carboxylic acids is 2. The molecule has 0 saturated heterocycles. The molecule has 0 fully saturated rings. The summed E-state index contributed by atoms with van der Waals surface area (Å²) in [5.41, 5.74) is 0. The fourth-order valence-corrected chi connectivity index (χ4v) is 2.60. The molecule has 2 aliphatic heterocycles. The number of cyclic esters (lactones) is 2. The SMILES string of the molecule is O=C1OC(OCC(Br)=C(Br)COC2OC(=O)C(Cl)=C2Cl)C(Cl)=C1Cl. The molecular formula is C12H6Br2Cl4O6. The van der Waals surface area contributed by atoms with E-state index in [9.17, 15) is 9.59 Å². The zero-order valence-corrected chi connectivity index (χ0v) is 17.5. The van der Waals surface area contributed by atoms with Gasteiger partial charge in [-0.15, -0.1) is 0 Å². The van der Waals surface area contributed by atoms with Gasteiger partial charge in [0.05, 0.1) is 13.2 Å². The summed E-state index contributed by atoms with van der Waals surface area (Å²) in [7, 11) is 0. The maximum atomic E-state index is 11.2. The molecule has 2 unspecified atom stereocenters. The molecule has 0 aromatic rings. The van der Waals surface area contributed by atoms with E-state index in [1.54, 1.807) is 0 Å². The van der Waals surface area contributed by atoms with E-state index >= 15 is 0 Å². The molecule has 24 heavy (non-hydrogen) atoms. The summed E-state index contributed by atoms with van der Waals surface area (Å²) >= 11 is 29.4. The molecule has 2 rings (SSSR count). The first-order valence-electron chi connectivity index (χ1n) is 6.01. The van der Waals surface area contributed by atoms with Gasteiger partial charge in [0.15, 0.2) is 0 Å². The Morgan fingerprint density at radius 1 is 0.833 bits per heavy atom. The molecule has 0 aliphatic carbocycles. The van der Waals surface area contributed by atoms with Crippen LogP contribution in [0.5, 0.6) is 0 Å². The number of halogens is 6. The van der Waals surface area contributed by atoms with Crippen molar-refractivity contribution in [1.29, 1.82) is 0 Å². The van der Waals surface area contributed by atoms with Crippen LogP contribution in [0.3, 0.4) is 0 Å². The van der Waals surface area contributed by atoms with E-state index in [1.807, 2.05) is 0 Å². The zero-order valence-electron chi connectivity index (χ0n) is 11.3. The summed E-state index contributed by atoms with van der Waals surface area (Å²) in [6, 6.07) is 0. The Hall–Kier alpha value is 0.200. The number of rotatable bonds is 6. The van der Waals surface area contributed by atoms with Crippen LogP contribution in [0, 0.1) is 0 Å². The van der Waals surface area contributed by atoms with E-state index in [0.29, 0.717) is 8.96 Å². The molecule has 12 heteroatoms. The molecule has 132 valence electrons. The van der Waals surface area contributed by atoms with E-state index in [4.69, 9.17) is 65.4 Å². The molecule has 0 bridgehead atoms. The minimum Gasteiger partial charge on any atom is -0.426 e. The normalized spacial score (nSPS) is 25.2. The maximum absolute atomic E-state index is 11.2. The minimum absolute atomic E-state index is 0.00292. The summed E-state index contributed by atoms with van der Waals surface area (Å²) < 4.78 is 21.3. The van der Waals surface area contributed by atoms with E-state index in [0.717, 1.165) is 0 Å². The first-order valence-corrected chi connectivity index (χ1v) is 9.10. The van der Waals surface area contributed by atoms with Crippen molar-refractivity contribution in [2.24, 2.45) is 0 Å². The maximum Gasteiger partial charge on any atom is 0.353 e. The van der Waals surface area contributed by atoms with Crippen LogP contribution in [0.1, 0.15) is 0 Å². The van der Waals surface area contributed by atoms with Crippen molar-refractivity contribution in [3.63, 3.8) is 0 Å². The molecule has 2 heterocycles. The smallest absolute Gasteiger partial charge is 0.353 e. The van der Waals surface area contributed by atoms with Crippen molar-refractivity contribution < 1.29 is 28.5 Å². The van der Waals surface area contributed by atoms with Gasteiger partial charge in [0, 0.05) is 8.96 Å². The fraction of sp³-hybridized carbons (Fsp3) is 0.333. The molecule has 0 spiro atoms. The van der Waals surface area contributed by atoms with Gasteiger partial charge in [-0.3, -0.25) is 0 Å². The quantitative estimate of drug-likeness (QED) is 0.465. The van der Waals surface area contributed by atoms with Crippen molar-refractivity contribution in [2.45, 2.75) is 12.6 Å². The molecule has 6 nitrogen and oxygen atoms in total. The number of hydrogen-bond acceptors (Lipinski definition) is 6. The summed E-state index contributed by atoms with van der Waals surface area (Å²) in [6.07, 6.45) is -2.15. The van der Waals surface area contributed by atoms with Crippen LogP contribution in [0.2, 0.25) is 0 Å². The van der Waals surface area contributed by atoms with Crippen LogP contribution in [-0.2, 0) is 28.5 Å². The summed E-state index contributed by atoms with van der Waals surface area (Å²) in [4.78, 5) is 22.4. The van der Waals surface area contributed by atoms with Gasteiger partial charge < -0.3 is 18.9 Å². The predicted molar refractivity (Wildman–Crippen MR) is 94.0 cm³/mol. The summed E-state index contributed by atoms with van der Waals surface area (Å²) in [5, 5.41) is -0.492. The average molecular weight is 548 g/mol. The van der Waals surface area contributed by atoms with Crippen molar-refractivity contribution in [2.75, 3.05) is 13.2 Å². The van der Waals surface area contributed by atoms with Crippen molar-refractivity contribution in [3.05, 3.63) is 29.1 Å². The van der Waals surface area contributed by atoms with Gasteiger partial charge in [-0.2, -0.15) is 0 Å². The van der Waals surface area contributed by atoms with Crippen LogP contribution in [-0.4, -0.2) is 37.7 Å². The Bertz CT molecular complexity index is 618. The Balaban J connectivity index is 1.86. The Morgan fingerprint density at radius 2 is 1.17 bits per heavy atom. The molecule has 0 N–H and O–H groups in total. The lowest BCUT2D eigenvalue weighted by Gasteiger charge is -2.14. The fourth-order valence-electron chi connectivity index (χ4n) is 1.47. The molecule has 0 saturated carbocycles. The Labute approximate surface area is 172 Å². The summed E-state index contributed by atoms with van der Waals surface area (Å²) in [6.45, 7) is -0.00583. The second-order valence-corrected chi connectivity index (χ2v) is 7.71. The van der Waals surface area contributed by atoms with Crippen LogP contribution < -0.4 is 0 Å². The first-order chi connectivity index (χ1) is 11.2. The third-order valence-electron chi connectivity index (χ3n) is 2.64. The lowest BCUT2D eigenvalue weighted by Crippen LogP contribution is -2.17. The molecular weight excluding hydrogens is 542 g/mol. The van der Waals surface area contributed by atoms with Gasteiger partial charge in [0.1, 0.15) is 20.1 Å². The number of carbonyl (C=O) groups is 2. The van der Waals surface area contributed by atoms with E-state index < -0.39 is 24.5 Å². The molecule has 0 aromatic carbocycles. The second kappa shape index (κ2) is 8.73. The Kier molecular flexibility index (Phi) is 7.46. The van der Waals surface area contributed by atoms with E-state index in [-0.39, 0.29) is 33.3 Å². The third-order valence-corrected chi connectivity index (χ3v) is 6.23. The van der Waals surface area contributed by atoms with Crippen molar-refractivity contribution in [1.82, 2.24) is 0 Å². The molecule has 2 aliphatic rings. The number of esters is 2. The van der Waals surface area contributed by atoms with Gasteiger partial charge in [-0.1, -0.05) is 78.3 Å². The summed E-state index contributed by atoms with van der Waals surface area (Å²) in [5.74, 6) is -1.51. The van der Waals surface area contributed by atoms with E-state index in [1.165, 1.54) is 0 Å². The van der Waals surface area contributed by atoms with Gasteiger partial charge in [-0.25, -0.2) is 9.59 Å². The molecule has 0 aromatic heterocycles. The molecule has 2 atom stereocenters. The van der Waals surface area contributed by atoms with Crippen LogP contribution in [0.15, 0.2) is 29.1 Å². The number of hydrogen-bond donors (Lipinski definition) is 0. The first kappa shape index (κ1) is 20.5. The van der Waals surface area contributed by atoms with E-state index in [2.05, 4.69) is 31.9 Å². The van der Waals surface area contributed by atoms with Crippen LogP contribution in [0.25, 0.3) is 0 Å². The minimum atomic E-state index is -1.08. The Morgan fingerprint density at radius 3 is 1.42 bits per heavy atom. The molecule has 0 amide bonds. The highest BCUT2D eigenvalue weighted by atomic mass is 79.9. The monoisotopic (exact) mass is 544 g/mol. The number of ether oxygens (including phenoxy) is 4. The highest BCUT2D eigenvalue weighted by Gasteiger charge is 2.34. The van der Waals surface area contributed by atoms with Crippen molar-refractivity contribution >= 4 is 90.2 Å². The van der Waals surface area contributed by atoms with Gasteiger partial charge >= 0.3 is 11.9 Å². The standard InChI is InChI=1S/C12H6Br2Cl4O6/c13-3(1-21-11-7(17)5(15)9(19)23-11)4(14)2-22-12-8(18)6(16)10(20)24-12/h11-12H,1-2H2. The van der Waals surface area contributed by atoms with Gasteiger partial charge in [0.2, 0.25) is 12.6 Å². The van der Waals surface area contributed by atoms with Crippen LogP contribution in [0.4, 0.5) is 0 Å². The third kappa shape index (κ3) is 4.67. The highest BCUT2D eigenvalue weighted by Crippen LogP contribution is 2.32. The highest BCUT2D eigenvalue weighted by molar-refractivity contribution is 9.14. The van der Waals surface area contributed by atoms with Crippen molar-refractivity contribution in [3.8, 4) is 0 Å². The lowest BCUT2D eigenvalue weighted by molar-refractivity contribution is -0.158. The zero-order chi connectivity index (χ0) is 18.0. The van der Waals surface area contributed by atoms with Gasteiger partial charge in [-0.05, 0) is 0 Å². The largest absolute Gasteiger partial charge is 0.426 e. The van der Waals surface area contributed by atoms with Gasteiger partial charge in [0.25, 0.3) is 0 Å². The lowest BCUT2D eigenvalue weighted by atomic mass is 10.5. The average Bonchev–Trinajstić information content (AvgIpc) is 2.94. The molecule has 0 radical (unpaired) electrons.